The van der Waals surface area contributed by atoms with Crippen molar-refractivity contribution in [3.05, 3.63) is 15.0 Å². The van der Waals surface area contributed by atoms with E-state index in [2.05, 4.69) is 20.9 Å². The van der Waals surface area contributed by atoms with Gasteiger partial charge in [-0.05, 0) is 22.9 Å². The molecule has 1 heterocycles. The smallest absolute Gasteiger partial charge is 0.139 e. The second kappa shape index (κ2) is 13.1. The van der Waals surface area contributed by atoms with Crippen molar-refractivity contribution < 1.29 is 14.6 Å². The summed E-state index contributed by atoms with van der Waals surface area (Å²) < 4.78 is 6.10. The van der Waals surface area contributed by atoms with Gasteiger partial charge in [0, 0.05) is 19.1 Å². The predicted molar refractivity (Wildman–Crippen MR) is 77.7 cm³/mol. The third kappa shape index (κ3) is 7.17. The maximum absolute atomic E-state index is 10.6. The average molecular weight is 341 g/mol. The van der Waals surface area contributed by atoms with Gasteiger partial charge >= 0.3 is 0 Å². The van der Waals surface area contributed by atoms with Crippen LogP contribution in [-0.2, 0) is 9.53 Å². The highest BCUT2D eigenvalue weighted by Crippen LogP contribution is 2.25. The van der Waals surface area contributed by atoms with Crippen LogP contribution in [0.15, 0.2) is 9.98 Å². The summed E-state index contributed by atoms with van der Waals surface area (Å²) in [5.41, 5.74) is 5.60. The van der Waals surface area contributed by atoms with Gasteiger partial charge in [-0.3, -0.25) is 0 Å². The first-order valence-electron chi connectivity index (χ1n) is 5.57. The lowest BCUT2D eigenvalue weighted by molar-refractivity contribution is -0.112. The molecule has 1 aromatic rings. The molecule has 0 amide bonds. The molecule has 7 heteroatoms. The minimum atomic E-state index is -0.659. The zero-order valence-corrected chi connectivity index (χ0v) is 13.5. The molecule has 18 heavy (non-hydrogen) atoms. The van der Waals surface area contributed by atoms with Crippen LogP contribution < -0.4 is 5.73 Å². The number of nitrogens with two attached hydrogens (primary N) is 1. The Morgan fingerprint density at radius 3 is 2.50 bits per heavy atom. The maximum atomic E-state index is 10.6. The zero-order chi connectivity index (χ0) is 14.6. The number of aliphatic hydroxyl groups is 1. The lowest BCUT2D eigenvalue weighted by atomic mass is 10.2. The Balaban J connectivity index is 0. The number of ether oxygens (including phenoxy) is 1. The van der Waals surface area contributed by atoms with Crippen LogP contribution >= 0.6 is 27.3 Å². The molecule has 2 atom stereocenters. The van der Waals surface area contributed by atoms with E-state index >= 15 is 0 Å². The van der Waals surface area contributed by atoms with Crippen LogP contribution in [0.4, 0.5) is 0 Å². The Kier molecular flexibility index (Phi) is 14.5. The highest BCUT2D eigenvalue weighted by molar-refractivity contribution is 9.10. The first kappa shape index (κ1) is 20.0. The molecule has 2 unspecified atom stereocenters. The fourth-order valence-corrected chi connectivity index (χ4v) is 2.37. The topological polar surface area (TPSA) is 85.4 Å². The first-order valence-corrected chi connectivity index (χ1v) is 7.24. The zero-order valence-electron chi connectivity index (χ0n) is 11.1. The molecule has 0 aromatic carbocycles. The molecular formula is C11H21BrN2O3S. The summed E-state index contributed by atoms with van der Waals surface area (Å²) in [4.78, 5) is 14.7. The van der Waals surface area contributed by atoms with Crippen molar-refractivity contribution in [2.45, 2.75) is 32.9 Å². The van der Waals surface area contributed by atoms with Crippen LogP contribution in [0.2, 0.25) is 0 Å². The molecule has 106 valence electrons. The number of carbonyl (C=O) groups is 1. The summed E-state index contributed by atoms with van der Waals surface area (Å²) in [6, 6.07) is -0.659. The monoisotopic (exact) mass is 340 g/mol. The van der Waals surface area contributed by atoms with Gasteiger partial charge in [0.1, 0.15) is 22.0 Å². The predicted octanol–water partition coefficient (Wildman–Crippen LogP) is 2.14. The van der Waals surface area contributed by atoms with Crippen molar-refractivity contribution in [1.29, 1.82) is 0 Å². The van der Waals surface area contributed by atoms with Crippen LogP contribution in [0.1, 0.15) is 31.9 Å². The van der Waals surface area contributed by atoms with Gasteiger partial charge in [0.25, 0.3) is 0 Å². The summed E-state index contributed by atoms with van der Waals surface area (Å²) in [5.74, 6) is 0. The van der Waals surface area contributed by atoms with Crippen LogP contribution in [0.25, 0.3) is 0 Å². The van der Waals surface area contributed by atoms with Crippen molar-refractivity contribution in [3.63, 3.8) is 0 Å². The molecule has 0 aliphatic heterocycles. The van der Waals surface area contributed by atoms with Gasteiger partial charge in [-0.25, -0.2) is 4.98 Å². The van der Waals surface area contributed by atoms with Gasteiger partial charge in [-0.1, -0.05) is 13.8 Å². The highest BCUT2D eigenvalue weighted by atomic mass is 79.9. The third-order valence-corrected chi connectivity index (χ3v) is 3.21. The third-order valence-electron chi connectivity index (χ3n) is 1.59. The van der Waals surface area contributed by atoms with Crippen molar-refractivity contribution in [1.82, 2.24) is 4.98 Å². The fraction of sp³-hybridized carbons (Fsp3) is 0.636. The molecule has 0 spiro atoms. The standard InChI is InChI=1S/C8H11BrN2O2S.C2H6.CH4O/c1-2-13-7(5(10)3-12)8-11-6(9)4-14-8;2*1-2/h3-5,7H,2,10H2,1H3;1-2H3;2H,1H3. The molecule has 0 aliphatic rings. The number of thiazole rings is 1. The second-order valence-corrected chi connectivity index (χ2v) is 4.30. The summed E-state index contributed by atoms with van der Waals surface area (Å²) in [5, 5.41) is 9.55. The van der Waals surface area contributed by atoms with E-state index in [0.717, 1.165) is 16.7 Å². The van der Waals surface area contributed by atoms with Gasteiger partial charge in [0.15, 0.2) is 0 Å². The number of aliphatic hydroxyl groups excluding tert-OH is 1. The Morgan fingerprint density at radius 1 is 1.61 bits per heavy atom. The molecule has 5 nitrogen and oxygen atoms in total. The van der Waals surface area contributed by atoms with Crippen molar-refractivity contribution in [3.8, 4) is 0 Å². The number of aldehydes is 1. The molecule has 0 fully saturated rings. The molecule has 0 saturated heterocycles. The number of aromatic nitrogens is 1. The van der Waals surface area contributed by atoms with Gasteiger partial charge < -0.3 is 20.4 Å². The Morgan fingerprint density at radius 2 is 2.17 bits per heavy atom. The van der Waals surface area contributed by atoms with Crippen LogP contribution in [-0.4, -0.2) is 36.1 Å². The number of nitrogens with zero attached hydrogens (tertiary/aromatic N) is 1. The fourth-order valence-electron chi connectivity index (χ4n) is 0.996. The quantitative estimate of drug-likeness (QED) is 0.802. The van der Waals surface area contributed by atoms with Gasteiger partial charge in [-0.2, -0.15) is 0 Å². The average Bonchev–Trinajstić information content (AvgIpc) is 2.86. The summed E-state index contributed by atoms with van der Waals surface area (Å²) >= 11 is 4.66. The van der Waals surface area contributed by atoms with Crippen LogP contribution in [0, 0.1) is 0 Å². The lowest BCUT2D eigenvalue weighted by Crippen LogP contribution is -2.31. The van der Waals surface area contributed by atoms with Gasteiger partial charge in [0.2, 0.25) is 0 Å². The highest BCUT2D eigenvalue weighted by Gasteiger charge is 2.22. The Hall–Kier alpha value is -0.340. The van der Waals surface area contributed by atoms with Gasteiger partial charge in [0.05, 0.1) is 6.04 Å². The van der Waals surface area contributed by atoms with E-state index in [1.807, 2.05) is 26.2 Å². The normalized spacial score (nSPS) is 12.4. The number of rotatable bonds is 5. The molecule has 1 rings (SSSR count). The number of halogens is 1. The molecule has 0 aliphatic carbocycles. The molecular weight excluding hydrogens is 320 g/mol. The second-order valence-electron chi connectivity index (χ2n) is 2.60. The van der Waals surface area contributed by atoms with E-state index in [-0.39, 0.29) is 0 Å². The Labute approximate surface area is 120 Å². The minimum absolute atomic E-state index is 0.436. The number of carbonyl (C=O) groups excluding carboxylic acids is 1. The van der Waals surface area contributed by atoms with Crippen LogP contribution in [0.3, 0.4) is 0 Å². The Bertz CT molecular complexity index is 310. The van der Waals surface area contributed by atoms with E-state index in [4.69, 9.17) is 15.6 Å². The van der Waals surface area contributed by atoms with E-state index in [9.17, 15) is 4.79 Å². The largest absolute Gasteiger partial charge is 0.400 e. The lowest BCUT2D eigenvalue weighted by Gasteiger charge is -2.16. The van der Waals surface area contributed by atoms with E-state index in [1.54, 1.807) is 0 Å². The summed E-state index contributed by atoms with van der Waals surface area (Å²) in [7, 11) is 1.00. The SMILES string of the molecule is CC.CCOC(c1nc(Br)cs1)C(N)C=O.CO. The van der Waals surface area contributed by atoms with E-state index < -0.39 is 12.1 Å². The summed E-state index contributed by atoms with van der Waals surface area (Å²) in [6.45, 7) is 6.36. The molecule has 0 saturated carbocycles. The maximum Gasteiger partial charge on any atom is 0.139 e. The molecule has 0 bridgehead atoms. The molecule has 1 aromatic heterocycles. The molecule has 0 radical (unpaired) electrons. The van der Waals surface area contributed by atoms with Crippen molar-refractivity contribution in [2.75, 3.05) is 13.7 Å². The van der Waals surface area contributed by atoms with Crippen molar-refractivity contribution in [2.24, 2.45) is 5.73 Å². The van der Waals surface area contributed by atoms with Crippen LogP contribution in [0.5, 0.6) is 0 Å². The molecule has 3 N–H and O–H groups in total. The number of hydrogen-bond donors (Lipinski definition) is 2. The van der Waals surface area contributed by atoms with Gasteiger partial charge in [-0.15, -0.1) is 11.3 Å². The minimum Gasteiger partial charge on any atom is -0.400 e. The number of hydrogen-bond acceptors (Lipinski definition) is 6. The van der Waals surface area contributed by atoms with Crippen molar-refractivity contribution >= 4 is 33.6 Å². The van der Waals surface area contributed by atoms with E-state index in [1.165, 1.54) is 11.3 Å². The summed E-state index contributed by atoms with van der Waals surface area (Å²) in [6.07, 6.45) is 0.240. The van der Waals surface area contributed by atoms with E-state index in [0.29, 0.717) is 12.9 Å². The first-order chi connectivity index (χ1) is 8.69.